The molecule has 0 aliphatic rings. The zero-order valence-corrected chi connectivity index (χ0v) is 9.83. The summed E-state index contributed by atoms with van der Waals surface area (Å²) in [4.78, 5) is 0. The standard InChI is InChI=1S/C12H5ClF5N/c13-5-1-3-6(4-2-5)19-12-10(17)8(15)7(14)9(16)11(12)18/h1-4,19H. The van der Waals surface area contributed by atoms with Crippen LogP contribution in [0.5, 0.6) is 0 Å². The molecule has 0 spiro atoms. The van der Waals surface area contributed by atoms with Crippen LogP contribution in [0.4, 0.5) is 33.3 Å². The van der Waals surface area contributed by atoms with Crippen molar-refractivity contribution < 1.29 is 22.0 Å². The number of benzene rings is 2. The van der Waals surface area contributed by atoms with E-state index >= 15 is 0 Å². The van der Waals surface area contributed by atoms with Crippen LogP contribution in [0.3, 0.4) is 0 Å². The van der Waals surface area contributed by atoms with E-state index in [9.17, 15) is 22.0 Å². The molecule has 1 N–H and O–H groups in total. The van der Waals surface area contributed by atoms with Gasteiger partial charge in [0.1, 0.15) is 5.69 Å². The van der Waals surface area contributed by atoms with Gasteiger partial charge in [-0.25, -0.2) is 22.0 Å². The summed E-state index contributed by atoms with van der Waals surface area (Å²) in [6, 6.07) is 5.46. The monoisotopic (exact) mass is 293 g/mol. The fourth-order valence-corrected chi connectivity index (χ4v) is 1.52. The second-order valence-electron chi connectivity index (χ2n) is 3.58. The lowest BCUT2D eigenvalue weighted by Gasteiger charge is -2.10. The third-order valence-corrected chi connectivity index (χ3v) is 2.58. The van der Waals surface area contributed by atoms with Crippen molar-refractivity contribution in [2.45, 2.75) is 0 Å². The van der Waals surface area contributed by atoms with Crippen LogP contribution in [0.15, 0.2) is 24.3 Å². The van der Waals surface area contributed by atoms with Crippen LogP contribution >= 0.6 is 11.6 Å². The summed E-state index contributed by atoms with van der Waals surface area (Å²) < 4.78 is 65.4. The van der Waals surface area contributed by atoms with E-state index in [0.717, 1.165) is 0 Å². The van der Waals surface area contributed by atoms with Crippen molar-refractivity contribution in [1.82, 2.24) is 0 Å². The number of nitrogens with one attached hydrogen (secondary N) is 1. The average Bonchev–Trinajstić information content (AvgIpc) is 2.41. The lowest BCUT2D eigenvalue weighted by molar-refractivity contribution is 0.382. The van der Waals surface area contributed by atoms with Crippen molar-refractivity contribution in [3.8, 4) is 0 Å². The first-order chi connectivity index (χ1) is 8.91. The predicted molar refractivity (Wildman–Crippen MR) is 61.0 cm³/mol. The van der Waals surface area contributed by atoms with Crippen molar-refractivity contribution in [2.75, 3.05) is 5.32 Å². The predicted octanol–water partition coefficient (Wildman–Crippen LogP) is 4.78. The van der Waals surface area contributed by atoms with Crippen LogP contribution in [0.2, 0.25) is 5.02 Å². The number of hydrogen-bond acceptors (Lipinski definition) is 1. The molecule has 0 radical (unpaired) electrons. The van der Waals surface area contributed by atoms with Gasteiger partial charge in [-0.3, -0.25) is 0 Å². The molecular weight excluding hydrogens is 289 g/mol. The molecule has 7 heteroatoms. The molecule has 0 heterocycles. The molecular formula is C12H5ClF5N. The van der Waals surface area contributed by atoms with Gasteiger partial charge in [0.15, 0.2) is 23.3 Å². The zero-order valence-electron chi connectivity index (χ0n) is 9.08. The Bertz CT molecular complexity index is 598. The Morgan fingerprint density at radius 2 is 1.11 bits per heavy atom. The van der Waals surface area contributed by atoms with E-state index in [1.165, 1.54) is 24.3 Å². The fraction of sp³-hybridized carbons (Fsp3) is 0. The highest BCUT2D eigenvalue weighted by molar-refractivity contribution is 6.30. The number of rotatable bonds is 2. The molecule has 0 amide bonds. The second kappa shape index (κ2) is 5.05. The van der Waals surface area contributed by atoms with Gasteiger partial charge in [0.05, 0.1) is 0 Å². The summed E-state index contributed by atoms with van der Waals surface area (Å²) in [5.74, 6) is -10.1. The molecule has 2 aromatic carbocycles. The summed E-state index contributed by atoms with van der Waals surface area (Å²) in [6.07, 6.45) is 0. The van der Waals surface area contributed by atoms with Gasteiger partial charge >= 0.3 is 0 Å². The summed E-state index contributed by atoms with van der Waals surface area (Å²) in [6.45, 7) is 0. The molecule has 0 aliphatic carbocycles. The van der Waals surface area contributed by atoms with Gasteiger partial charge in [0.25, 0.3) is 0 Å². The zero-order chi connectivity index (χ0) is 14.2. The van der Waals surface area contributed by atoms with E-state index in [2.05, 4.69) is 5.32 Å². The van der Waals surface area contributed by atoms with E-state index in [1.807, 2.05) is 0 Å². The van der Waals surface area contributed by atoms with E-state index in [1.54, 1.807) is 0 Å². The molecule has 19 heavy (non-hydrogen) atoms. The first kappa shape index (κ1) is 13.6. The van der Waals surface area contributed by atoms with Crippen LogP contribution < -0.4 is 5.32 Å². The van der Waals surface area contributed by atoms with Crippen molar-refractivity contribution in [2.24, 2.45) is 0 Å². The number of anilines is 2. The quantitative estimate of drug-likeness (QED) is 0.477. The number of hydrogen-bond donors (Lipinski definition) is 1. The molecule has 2 aromatic rings. The molecule has 0 atom stereocenters. The van der Waals surface area contributed by atoms with Gasteiger partial charge in [-0.2, -0.15) is 0 Å². The molecule has 0 aromatic heterocycles. The molecule has 0 unspecified atom stereocenters. The van der Waals surface area contributed by atoms with Crippen molar-refractivity contribution in [3.63, 3.8) is 0 Å². The first-order valence-corrected chi connectivity index (χ1v) is 5.33. The summed E-state index contributed by atoms with van der Waals surface area (Å²) in [5, 5.41) is 2.49. The molecule has 0 saturated carbocycles. The Balaban J connectivity index is 2.48. The molecule has 0 bridgehead atoms. The molecule has 0 aliphatic heterocycles. The van der Waals surface area contributed by atoms with Crippen LogP contribution in [-0.2, 0) is 0 Å². The number of halogens is 6. The van der Waals surface area contributed by atoms with Gasteiger partial charge < -0.3 is 5.32 Å². The Labute approximate surface area is 109 Å². The summed E-state index contributed by atoms with van der Waals surface area (Å²) in [5.41, 5.74) is -0.980. The maximum atomic E-state index is 13.4. The Morgan fingerprint density at radius 1 is 0.684 bits per heavy atom. The third-order valence-electron chi connectivity index (χ3n) is 2.32. The normalized spacial score (nSPS) is 10.6. The fourth-order valence-electron chi connectivity index (χ4n) is 1.39. The summed E-state index contributed by atoms with van der Waals surface area (Å²) in [7, 11) is 0. The highest BCUT2D eigenvalue weighted by Crippen LogP contribution is 2.29. The summed E-state index contributed by atoms with van der Waals surface area (Å²) >= 11 is 5.60. The minimum Gasteiger partial charge on any atom is -0.351 e. The van der Waals surface area contributed by atoms with Crippen molar-refractivity contribution in [3.05, 3.63) is 58.4 Å². The lowest BCUT2D eigenvalue weighted by atomic mass is 10.2. The molecule has 1 nitrogen and oxygen atoms in total. The van der Waals surface area contributed by atoms with Gasteiger partial charge in [0.2, 0.25) is 5.82 Å². The highest BCUT2D eigenvalue weighted by atomic mass is 35.5. The minimum atomic E-state index is -2.20. The first-order valence-electron chi connectivity index (χ1n) is 4.96. The van der Waals surface area contributed by atoms with E-state index < -0.39 is 34.8 Å². The Hall–Kier alpha value is -1.82. The molecule has 100 valence electrons. The second-order valence-corrected chi connectivity index (χ2v) is 4.01. The van der Waals surface area contributed by atoms with Crippen molar-refractivity contribution in [1.29, 1.82) is 0 Å². The maximum Gasteiger partial charge on any atom is 0.200 e. The van der Waals surface area contributed by atoms with Gasteiger partial charge in [-0.1, -0.05) is 11.6 Å². The van der Waals surface area contributed by atoms with Crippen LogP contribution in [0, 0.1) is 29.1 Å². The molecule has 2 rings (SSSR count). The topological polar surface area (TPSA) is 12.0 Å². The van der Waals surface area contributed by atoms with Gasteiger partial charge in [-0.15, -0.1) is 0 Å². The Morgan fingerprint density at radius 3 is 1.58 bits per heavy atom. The van der Waals surface area contributed by atoms with Gasteiger partial charge in [0, 0.05) is 10.7 Å². The minimum absolute atomic E-state index is 0.132. The van der Waals surface area contributed by atoms with Crippen LogP contribution in [-0.4, -0.2) is 0 Å². The Kier molecular flexibility index (Phi) is 3.61. The highest BCUT2D eigenvalue weighted by Gasteiger charge is 2.25. The van der Waals surface area contributed by atoms with Gasteiger partial charge in [-0.05, 0) is 24.3 Å². The SMILES string of the molecule is Fc1c(F)c(F)c(Nc2ccc(Cl)cc2)c(F)c1F. The van der Waals surface area contributed by atoms with E-state index in [-0.39, 0.29) is 5.69 Å². The van der Waals surface area contributed by atoms with Crippen LogP contribution in [0.1, 0.15) is 0 Å². The van der Waals surface area contributed by atoms with E-state index in [0.29, 0.717) is 5.02 Å². The third kappa shape index (κ3) is 2.49. The van der Waals surface area contributed by atoms with Crippen LogP contribution in [0.25, 0.3) is 0 Å². The maximum absolute atomic E-state index is 13.4. The largest absolute Gasteiger partial charge is 0.351 e. The average molecular weight is 294 g/mol. The van der Waals surface area contributed by atoms with Crippen molar-refractivity contribution >= 4 is 23.0 Å². The smallest absolute Gasteiger partial charge is 0.200 e. The molecule has 0 saturated heterocycles. The van der Waals surface area contributed by atoms with E-state index in [4.69, 9.17) is 11.6 Å². The molecule has 0 fully saturated rings. The lowest BCUT2D eigenvalue weighted by Crippen LogP contribution is -2.06.